The van der Waals surface area contributed by atoms with Crippen LogP contribution in [0.15, 0.2) is 29.2 Å². The summed E-state index contributed by atoms with van der Waals surface area (Å²) in [5.41, 5.74) is -0.181. The molecule has 0 saturated heterocycles. The van der Waals surface area contributed by atoms with Gasteiger partial charge in [0, 0.05) is 15.5 Å². The Kier molecular flexibility index (Phi) is 5.62. The van der Waals surface area contributed by atoms with Gasteiger partial charge in [0.25, 0.3) is 0 Å². The molecule has 1 atom stereocenters. The molecule has 1 aromatic rings. The number of aliphatic hydroxyl groups is 1. The van der Waals surface area contributed by atoms with Gasteiger partial charge in [-0.3, -0.25) is 0 Å². The number of likely N-dealkylation sites (N-methyl/N-ethyl adjacent to an activating group) is 1. The Morgan fingerprint density at radius 2 is 2.00 bits per heavy atom. The number of thioether (sulfide) groups is 1. The average Bonchev–Trinajstić information content (AvgIpc) is 2.31. The summed E-state index contributed by atoms with van der Waals surface area (Å²) < 4.78 is 0. The van der Waals surface area contributed by atoms with Crippen LogP contribution in [-0.4, -0.2) is 30.1 Å². The Balaban J connectivity index is 2.38. The topological polar surface area (TPSA) is 32.3 Å². The summed E-state index contributed by atoms with van der Waals surface area (Å²) in [5, 5.41) is 13.1. The number of rotatable bonds is 6. The molecule has 0 aromatic heterocycles. The molecule has 16 heavy (non-hydrogen) atoms. The molecule has 1 unspecified atom stereocenters. The Morgan fingerprint density at radius 1 is 1.38 bits per heavy atom. The first-order valence-corrected chi connectivity index (χ1v) is 6.64. The Labute approximate surface area is 106 Å². The molecule has 2 nitrogen and oxygen atoms in total. The largest absolute Gasteiger partial charge is 0.394 e. The van der Waals surface area contributed by atoms with E-state index in [1.807, 2.05) is 38.2 Å². The molecule has 0 heterocycles. The summed E-state index contributed by atoms with van der Waals surface area (Å²) in [6.45, 7) is 2.18. The third kappa shape index (κ3) is 4.34. The van der Waals surface area contributed by atoms with Gasteiger partial charge in [0.05, 0.1) is 6.61 Å². The van der Waals surface area contributed by atoms with Gasteiger partial charge in [0.1, 0.15) is 0 Å². The van der Waals surface area contributed by atoms with E-state index in [0.717, 1.165) is 17.2 Å². The minimum Gasteiger partial charge on any atom is -0.394 e. The Bertz CT molecular complexity index is 311. The van der Waals surface area contributed by atoms with Gasteiger partial charge in [0.2, 0.25) is 0 Å². The van der Waals surface area contributed by atoms with Crippen LogP contribution in [0, 0.1) is 0 Å². The predicted molar refractivity (Wildman–Crippen MR) is 71.3 cm³/mol. The molecule has 0 spiro atoms. The van der Waals surface area contributed by atoms with Gasteiger partial charge >= 0.3 is 0 Å². The van der Waals surface area contributed by atoms with Crippen molar-refractivity contribution >= 4 is 23.4 Å². The second kappa shape index (κ2) is 6.50. The normalized spacial score (nSPS) is 14.8. The van der Waals surface area contributed by atoms with Crippen molar-refractivity contribution in [1.29, 1.82) is 0 Å². The molecular formula is C12H18ClNOS. The lowest BCUT2D eigenvalue weighted by atomic mass is 10.0. The molecule has 4 heteroatoms. The fourth-order valence-electron chi connectivity index (χ4n) is 1.21. The van der Waals surface area contributed by atoms with E-state index in [2.05, 4.69) is 5.32 Å². The van der Waals surface area contributed by atoms with E-state index in [1.54, 1.807) is 11.8 Å². The lowest BCUT2D eigenvalue weighted by molar-refractivity contribution is 0.179. The molecule has 0 aliphatic rings. The third-order valence-electron chi connectivity index (χ3n) is 2.69. The van der Waals surface area contributed by atoms with E-state index in [0.29, 0.717) is 0 Å². The molecule has 0 amide bonds. The summed E-state index contributed by atoms with van der Waals surface area (Å²) in [7, 11) is 1.88. The van der Waals surface area contributed by atoms with Crippen molar-refractivity contribution in [3.63, 3.8) is 0 Å². The molecule has 1 aromatic carbocycles. The van der Waals surface area contributed by atoms with Crippen molar-refractivity contribution in [2.24, 2.45) is 0 Å². The molecule has 0 saturated carbocycles. The summed E-state index contributed by atoms with van der Waals surface area (Å²) in [4.78, 5) is 1.21. The minimum absolute atomic E-state index is 0.157. The molecule has 0 radical (unpaired) electrons. The van der Waals surface area contributed by atoms with Gasteiger partial charge in [-0.15, -0.1) is 11.8 Å². The maximum atomic E-state index is 9.23. The van der Waals surface area contributed by atoms with E-state index in [-0.39, 0.29) is 12.1 Å². The van der Waals surface area contributed by atoms with Crippen LogP contribution in [0.3, 0.4) is 0 Å². The van der Waals surface area contributed by atoms with E-state index >= 15 is 0 Å². The highest BCUT2D eigenvalue weighted by Crippen LogP contribution is 2.23. The van der Waals surface area contributed by atoms with Crippen molar-refractivity contribution in [2.75, 3.05) is 19.4 Å². The van der Waals surface area contributed by atoms with E-state index < -0.39 is 0 Å². The van der Waals surface area contributed by atoms with Crippen LogP contribution in [-0.2, 0) is 0 Å². The highest BCUT2D eigenvalue weighted by Gasteiger charge is 2.19. The number of benzene rings is 1. The molecule has 0 fully saturated rings. The van der Waals surface area contributed by atoms with Gasteiger partial charge in [0.15, 0.2) is 0 Å². The fraction of sp³-hybridized carbons (Fsp3) is 0.500. The van der Waals surface area contributed by atoms with Crippen LogP contribution < -0.4 is 5.32 Å². The van der Waals surface area contributed by atoms with E-state index in [1.165, 1.54) is 4.90 Å². The average molecular weight is 260 g/mol. The second-order valence-corrected chi connectivity index (χ2v) is 5.63. The monoisotopic (exact) mass is 259 g/mol. The lowest BCUT2D eigenvalue weighted by Crippen LogP contribution is -2.43. The molecule has 0 bridgehead atoms. The van der Waals surface area contributed by atoms with Crippen LogP contribution in [0.5, 0.6) is 0 Å². The van der Waals surface area contributed by atoms with Gasteiger partial charge in [-0.2, -0.15) is 0 Å². The summed E-state index contributed by atoms with van der Waals surface area (Å²) in [6, 6.07) is 7.83. The highest BCUT2D eigenvalue weighted by atomic mass is 35.5. The van der Waals surface area contributed by atoms with Gasteiger partial charge in [-0.25, -0.2) is 0 Å². The first-order valence-electron chi connectivity index (χ1n) is 5.28. The predicted octanol–water partition coefficient (Wildman–Crippen LogP) is 2.79. The van der Waals surface area contributed by atoms with Crippen LogP contribution in [0.25, 0.3) is 0 Å². The summed E-state index contributed by atoms with van der Waals surface area (Å²) in [5.74, 6) is 0.972. The Hall–Kier alpha value is -0.220. The lowest BCUT2D eigenvalue weighted by Gasteiger charge is -2.26. The van der Waals surface area contributed by atoms with Gasteiger partial charge < -0.3 is 10.4 Å². The number of aliphatic hydroxyl groups excluding tert-OH is 1. The van der Waals surface area contributed by atoms with Crippen LogP contribution in [0.4, 0.5) is 0 Å². The summed E-state index contributed by atoms with van der Waals surface area (Å²) >= 11 is 7.59. The standard InChI is InChI=1S/C12H18ClNOS/c1-12(9-15,14-2)7-8-16-11-5-3-10(13)4-6-11/h3-6,14-15H,7-9H2,1-2H3. The van der Waals surface area contributed by atoms with Gasteiger partial charge in [-0.1, -0.05) is 11.6 Å². The van der Waals surface area contributed by atoms with E-state index in [9.17, 15) is 5.11 Å². The maximum Gasteiger partial charge on any atom is 0.0610 e. The SMILES string of the molecule is CNC(C)(CO)CCSc1ccc(Cl)cc1. The number of hydrogen-bond acceptors (Lipinski definition) is 3. The molecule has 0 aliphatic heterocycles. The smallest absolute Gasteiger partial charge is 0.0610 e. The molecule has 2 N–H and O–H groups in total. The molecular weight excluding hydrogens is 242 g/mol. The third-order valence-corrected chi connectivity index (χ3v) is 3.95. The zero-order chi connectivity index (χ0) is 12.0. The van der Waals surface area contributed by atoms with Crippen molar-refractivity contribution in [2.45, 2.75) is 23.8 Å². The molecule has 90 valence electrons. The van der Waals surface area contributed by atoms with Crippen LogP contribution >= 0.6 is 23.4 Å². The number of halogens is 1. The first kappa shape index (κ1) is 13.8. The number of nitrogens with one attached hydrogen (secondary N) is 1. The van der Waals surface area contributed by atoms with Crippen molar-refractivity contribution in [3.8, 4) is 0 Å². The second-order valence-electron chi connectivity index (χ2n) is 4.02. The van der Waals surface area contributed by atoms with Crippen LogP contribution in [0.2, 0.25) is 5.02 Å². The first-order chi connectivity index (χ1) is 7.59. The van der Waals surface area contributed by atoms with Crippen molar-refractivity contribution < 1.29 is 5.11 Å². The highest BCUT2D eigenvalue weighted by molar-refractivity contribution is 7.99. The molecule has 0 aliphatic carbocycles. The zero-order valence-electron chi connectivity index (χ0n) is 9.66. The summed E-state index contributed by atoms with van der Waals surface area (Å²) in [6.07, 6.45) is 0.924. The number of hydrogen-bond donors (Lipinski definition) is 2. The zero-order valence-corrected chi connectivity index (χ0v) is 11.2. The van der Waals surface area contributed by atoms with Crippen LogP contribution in [0.1, 0.15) is 13.3 Å². The van der Waals surface area contributed by atoms with Crippen molar-refractivity contribution in [1.82, 2.24) is 5.32 Å². The fourth-order valence-corrected chi connectivity index (χ4v) is 2.45. The minimum atomic E-state index is -0.181. The quantitative estimate of drug-likeness (QED) is 0.771. The maximum absolute atomic E-state index is 9.23. The van der Waals surface area contributed by atoms with E-state index in [4.69, 9.17) is 11.6 Å². The van der Waals surface area contributed by atoms with Crippen molar-refractivity contribution in [3.05, 3.63) is 29.3 Å². The Morgan fingerprint density at radius 3 is 2.50 bits per heavy atom. The van der Waals surface area contributed by atoms with Gasteiger partial charge in [-0.05, 0) is 50.4 Å². The molecule has 1 rings (SSSR count).